The topological polar surface area (TPSA) is 35.8 Å². The van der Waals surface area contributed by atoms with Gasteiger partial charge in [-0.05, 0) is 29.8 Å². The molecule has 3 aromatic rings. The molecule has 3 heteroatoms. The van der Waals surface area contributed by atoms with Crippen LogP contribution in [0, 0.1) is 0 Å². The van der Waals surface area contributed by atoms with Crippen LogP contribution in [0.15, 0.2) is 90.0 Å². The second kappa shape index (κ2) is 7.27. The second-order valence-electron chi connectivity index (χ2n) is 5.18. The minimum atomic E-state index is 0.226. The smallest absolute Gasteiger partial charge is 0.124 e. The second-order valence-corrected chi connectivity index (χ2v) is 5.18. The molecule has 0 aliphatic heterocycles. The molecule has 0 heterocycles. The van der Waals surface area contributed by atoms with Crippen molar-refractivity contribution in [1.82, 2.24) is 0 Å². The number of benzene rings is 3. The van der Waals surface area contributed by atoms with E-state index in [1.54, 1.807) is 18.3 Å². The van der Waals surface area contributed by atoms with Crippen molar-refractivity contribution < 1.29 is 5.11 Å². The Labute approximate surface area is 136 Å². The van der Waals surface area contributed by atoms with Crippen molar-refractivity contribution in [2.24, 2.45) is 5.10 Å². The number of anilines is 1. The standard InChI is InChI=1S/C20H18N2O/c23-20-14-8-7-11-18(20)15-21-22(19-12-5-2-6-13-19)16-17-9-3-1-4-10-17/h1-15,23H,16H2. The van der Waals surface area contributed by atoms with Crippen molar-refractivity contribution >= 4 is 11.9 Å². The summed E-state index contributed by atoms with van der Waals surface area (Å²) in [6.07, 6.45) is 1.69. The SMILES string of the molecule is Oc1ccccc1C=NN(Cc1ccccc1)c1ccccc1. The lowest BCUT2D eigenvalue weighted by Crippen LogP contribution is -2.16. The molecule has 0 saturated heterocycles. The summed E-state index contributed by atoms with van der Waals surface area (Å²) in [5.41, 5.74) is 2.87. The van der Waals surface area contributed by atoms with E-state index in [1.165, 1.54) is 5.56 Å². The molecule has 0 aromatic heterocycles. The summed E-state index contributed by atoms with van der Waals surface area (Å²) < 4.78 is 0. The van der Waals surface area contributed by atoms with Gasteiger partial charge >= 0.3 is 0 Å². The maximum absolute atomic E-state index is 9.87. The van der Waals surface area contributed by atoms with E-state index in [0.29, 0.717) is 12.1 Å². The lowest BCUT2D eigenvalue weighted by atomic mass is 10.2. The first-order chi connectivity index (χ1) is 11.3. The van der Waals surface area contributed by atoms with Crippen LogP contribution in [0.1, 0.15) is 11.1 Å². The Morgan fingerprint density at radius 1 is 0.783 bits per heavy atom. The first-order valence-electron chi connectivity index (χ1n) is 7.51. The van der Waals surface area contributed by atoms with Crippen LogP contribution >= 0.6 is 0 Å². The van der Waals surface area contributed by atoms with Crippen molar-refractivity contribution in [3.05, 3.63) is 96.1 Å². The summed E-state index contributed by atoms with van der Waals surface area (Å²) in [6.45, 7) is 0.662. The van der Waals surface area contributed by atoms with Gasteiger partial charge in [0.2, 0.25) is 0 Å². The molecular formula is C20H18N2O. The molecule has 0 aliphatic carbocycles. The highest BCUT2D eigenvalue weighted by atomic mass is 16.3. The third kappa shape index (κ3) is 3.98. The zero-order chi connectivity index (χ0) is 15.9. The molecule has 0 spiro atoms. The van der Waals surface area contributed by atoms with Crippen LogP contribution in [0.5, 0.6) is 5.75 Å². The molecule has 0 fully saturated rings. The van der Waals surface area contributed by atoms with E-state index < -0.39 is 0 Å². The van der Waals surface area contributed by atoms with Gasteiger partial charge in [-0.25, -0.2) is 0 Å². The fraction of sp³-hybridized carbons (Fsp3) is 0.0500. The van der Waals surface area contributed by atoms with Gasteiger partial charge in [0.1, 0.15) is 5.75 Å². The Hall–Kier alpha value is -3.07. The quantitative estimate of drug-likeness (QED) is 0.559. The fourth-order valence-corrected chi connectivity index (χ4v) is 2.28. The molecule has 1 N–H and O–H groups in total. The van der Waals surface area contributed by atoms with Gasteiger partial charge in [-0.15, -0.1) is 0 Å². The Bertz CT molecular complexity index is 770. The number of nitrogens with zero attached hydrogens (tertiary/aromatic N) is 2. The molecule has 0 unspecified atom stereocenters. The number of phenolic OH excluding ortho intramolecular Hbond substituents is 1. The zero-order valence-corrected chi connectivity index (χ0v) is 12.7. The van der Waals surface area contributed by atoms with Gasteiger partial charge in [-0.2, -0.15) is 5.10 Å². The molecule has 0 bridgehead atoms. The van der Waals surface area contributed by atoms with Gasteiger partial charge in [0.15, 0.2) is 0 Å². The van der Waals surface area contributed by atoms with Gasteiger partial charge in [-0.3, -0.25) is 5.01 Å². The number of aromatic hydroxyl groups is 1. The van der Waals surface area contributed by atoms with Crippen LogP contribution in [0.25, 0.3) is 0 Å². The minimum absolute atomic E-state index is 0.226. The first kappa shape index (κ1) is 14.9. The average Bonchev–Trinajstić information content (AvgIpc) is 2.61. The molecule has 0 saturated carbocycles. The number of hydrogen-bond acceptors (Lipinski definition) is 3. The van der Waals surface area contributed by atoms with E-state index >= 15 is 0 Å². The largest absolute Gasteiger partial charge is 0.507 e. The Morgan fingerprint density at radius 2 is 1.39 bits per heavy atom. The molecule has 3 nitrogen and oxygen atoms in total. The van der Waals surface area contributed by atoms with E-state index in [-0.39, 0.29) is 5.75 Å². The monoisotopic (exact) mass is 302 g/mol. The van der Waals surface area contributed by atoms with Gasteiger partial charge in [0.05, 0.1) is 18.4 Å². The highest BCUT2D eigenvalue weighted by Gasteiger charge is 2.05. The van der Waals surface area contributed by atoms with Crippen molar-refractivity contribution in [2.75, 3.05) is 5.01 Å². The number of para-hydroxylation sites is 2. The van der Waals surface area contributed by atoms with Crippen molar-refractivity contribution in [3.8, 4) is 5.75 Å². The molecule has 0 atom stereocenters. The Kier molecular flexibility index (Phi) is 4.69. The van der Waals surface area contributed by atoms with E-state index in [4.69, 9.17) is 0 Å². The summed E-state index contributed by atoms with van der Waals surface area (Å²) >= 11 is 0. The summed E-state index contributed by atoms with van der Waals surface area (Å²) in [5, 5.41) is 16.4. The maximum atomic E-state index is 9.87. The van der Waals surface area contributed by atoms with Crippen molar-refractivity contribution in [2.45, 2.75) is 6.54 Å². The lowest BCUT2D eigenvalue weighted by Gasteiger charge is -2.19. The normalized spacial score (nSPS) is 10.8. The first-order valence-corrected chi connectivity index (χ1v) is 7.51. The predicted octanol–water partition coefficient (Wildman–Crippen LogP) is 4.43. The zero-order valence-electron chi connectivity index (χ0n) is 12.7. The van der Waals surface area contributed by atoms with E-state index in [1.807, 2.05) is 65.7 Å². The molecule has 3 rings (SSSR count). The van der Waals surface area contributed by atoms with Crippen LogP contribution in [0.3, 0.4) is 0 Å². The highest BCUT2D eigenvalue weighted by molar-refractivity contribution is 5.83. The van der Waals surface area contributed by atoms with Crippen LogP contribution in [0.2, 0.25) is 0 Å². The van der Waals surface area contributed by atoms with Gasteiger partial charge in [0, 0.05) is 5.56 Å². The third-order valence-corrected chi connectivity index (χ3v) is 3.50. The van der Waals surface area contributed by atoms with Gasteiger partial charge < -0.3 is 5.11 Å². The summed E-state index contributed by atoms with van der Waals surface area (Å²) in [6, 6.07) is 27.4. The van der Waals surface area contributed by atoms with Gasteiger partial charge in [0.25, 0.3) is 0 Å². The summed E-state index contributed by atoms with van der Waals surface area (Å²) in [7, 11) is 0. The summed E-state index contributed by atoms with van der Waals surface area (Å²) in [5.74, 6) is 0.226. The number of rotatable bonds is 5. The molecule has 0 aliphatic rings. The van der Waals surface area contributed by atoms with Crippen molar-refractivity contribution in [1.29, 1.82) is 0 Å². The number of hydrogen-bond donors (Lipinski definition) is 1. The highest BCUT2D eigenvalue weighted by Crippen LogP contribution is 2.18. The molecule has 0 radical (unpaired) electrons. The molecular weight excluding hydrogens is 284 g/mol. The average molecular weight is 302 g/mol. The third-order valence-electron chi connectivity index (χ3n) is 3.50. The number of phenols is 1. The van der Waals surface area contributed by atoms with E-state index in [0.717, 1.165) is 5.69 Å². The molecule has 3 aromatic carbocycles. The summed E-state index contributed by atoms with van der Waals surface area (Å²) in [4.78, 5) is 0. The lowest BCUT2D eigenvalue weighted by molar-refractivity contribution is 0.474. The number of hydrazone groups is 1. The Morgan fingerprint density at radius 3 is 2.09 bits per heavy atom. The van der Waals surface area contributed by atoms with E-state index in [2.05, 4.69) is 17.2 Å². The van der Waals surface area contributed by atoms with Crippen LogP contribution in [-0.2, 0) is 6.54 Å². The molecule has 0 amide bonds. The predicted molar refractivity (Wildman–Crippen MR) is 94.8 cm³/mol. The molecule has 23 heavy (non-hydrogen) atoms. The van der Waals surface area contributed by atoms with Crippen LogP contribution in [0.4, 0.5) is 5.69 Å². The van der Waals surface area contributed by atoms with Crippen LogP contribution in [-0.4, -0.2) is 11.3 Å². The minimum Gasteiger partial charge on any atom is -0.507 e. The van der Waals surface area contributed by atoms with Crippen molar-refractivity contribution in [3.63, 3.8) is 0 Å². The molecule has 114 valence electrons. The maximum Gasteiger partial charge on any atom is 0.124 e. The van der Waals surface area contributed by atoms with Gasteiger partial charge in [-0.1, -0.05) is 60.7 Å². The van der Waals surface area contributed by atoms with Crippen LogP contribution < -0.4 is 5.01 Å². The fourth-order valence-electron chi connectivity index (χ4n) is 2.28. The van der Waals surface area contributed by atoms with E-state index in [9.17, 15) is 5.11 Å². The Balaban J connectivity index is 1.88.